The normalized spacial score (nSPS) is 20.0. The number of carbonyl (C=O) groups is 1. The second-order valence-electron chi connectivity index (χ2n) is 10.5. The van der Waals surface area contributed by atoms with Gasteiger partial charge in [0.1, 0.15) is 11.6 Å². The van der Waals surface area contributed by atoms with E-state index in [1.54, 1.807) is 12.3 Å². The predicted octanol–water partition coefficient (Wildman–Crippen LogP) is 5.21. The molecule has 1 aliphatic carbocycles. The van der Waals surface area contributed by atoms with Gasteiger partial charge in [0.15, 0.2) is 17.5 Å². The number of halogens is 1. The van der Waals surface area contributed by atoms with E-state index in [1.165, 1.54) is 10.9 Å². The van der Waals surface area contributed by atoms with E-state index in [4.69, 9.17) is 9.97 Å². The third-order valence-corrected chi connectivity index (χ3v) is 7.70. The van der Waals surface area contributed by atoms with Crippen LogP contribution >= 0.6 is 0 Å². The molecule has 0 unspecified atom stereocenters. The summed E-state index contributed by atoms with van der Waals surface area (Å²) in [6.45, 7) is 7.95. The van der Waals surface area contributed by atoms with E-state index in [2.05, 4.69) is 37.8 Å². The number of carbonyl (C=O) groups excluding carboxylic acids is 1. The minimum Gasteiger partial charge on any atom is -0.349 e. The minimum atomic E-state index is -0.428. The average molecular weight is 532 g/mol. The maximum atomic E-state index is 13.5. The van der Waals surface area contributed by atoms with Crippen molar-refractivity contribution >= 4 is 17.5 Å². The second kappa shape index (κ2) is 10.9. The molecule has 4 aromatic rings. The van der Waals surface area contributed by atoms with E-state index in [9.17, 15) is 9.18 Å². The van der Waals surface area contributed by atoms with Gasteiger partial charge in [-0.25, -0.2) is 24.0 Å². The maximum absolute atomic E-state index is 13.5. The zero-order chi connectivity index (χ0) is 27.6. The lowest BCUT2D eigenvalue weighted by Crippen LogP contribution is -2.43. The quantitative estimate of drug-likeness (QED) is 0.285. The summed E-state index contributed by atoms with van der Waals surface area (Å²) < 4.78 is 14.7. The molecule has 1 amide bonds. The Bertz CT molecular complexity index is 1440. The molecular formula is C28H34FN9O. The molecule has 0 bridgehead atoms. The average Bonchev–Trinajstić information content (AvgIpc) is 3.55. The molecule has 0 saturated heterocycles. The Kier molecular flexibility index (Phi) is 7.40. The molecule has 5 rings (SSSR count). The standard InChI is InChI=1S/C28H34FN9O/c1-5-28(27(39)33-19(4)21-6-7-25(30-14-21)38-16-22(29)15-31-38)10-8-20(9-11-28)26-32-17(2)12-23(35-26)34-24-13-18(3)36-37-24/h6-7,12-16,19-20H,5,8-11H2,1-4H3,(H,33,39)(H2,32,34,35,36,37)/t19-,20-,28-/m0/s1. The van der Waals surface area contributed by atoms with Crippen molar-refractivity contribution in [3.63, 3.8) is 0 Å². The van der Waals surface area contributed by atoms with E-state index in [-0.39, 0.29) is 17.9 Å². The largest absolute Gasteiger partial charge is 0.349 e. The molecule has 3 N–H and O–H groups in total. The smallest absolute Gasteiger partial charge is 0.226 e. The summed E-state index contributed by atoms with van der Waals surface area (Å²) in [5.41, 5.74) is 2.31. The third kappa shape index (κ3) is 5.81. The Balaban J connectivity index is 1.22. The van der Waals surface area contributed by atoms with Gasteiger partial charge in [-0.05, 0) is 64.5 Å². The first-order valence-electron chi connectivity index (χ1n) is 13.4. The fourth-order valence-electron chi connectivity index (χ4n) is 5.27. The molecule has 10 nitrogen and oxygen atoms in total. The van der Waals surface area contributed by atoms with Crippen molar-refractivity contribution in [2.24, 2.45) is 5.41 Å². The van der Waals surface area contributed by atoms with Crippen molar-refractivity contribution in [2.45, 2.75) is 71.8 Å². The lowest BCUT2D eigenvalue weighted by molar-refractivity contribution is -0.134. The number of anilines is 2. The zero-order valence-corrected chi connectivity index (χ0v) is 22.7. The Morgan fingerprint density at radius 2 is 1.97 bits per heavy atom. The molecule has 1 fully saturated rings. The number of aromatic amines is 1. The summed E-state index contributed by atoms with van der Waals surface area (Å²) in [6, 6.07) is 7.28. The van der Waals surface area contributed by atoms with Gasteiger partial charge in [-0.2, -0.15) is 10.2 Å². The van der Waals surface area contributed by atoms with Crippen LogP contribution in [0, 0.1) is 25.1 Å². The molecule has 0 radical (unpaired) electrons. The molecule has 4 heterocycles. The maximum Gasteiger partial charge on any atom is 0.226 e. The van der Waals surface area contributed by atoms with Crippen LogP contribution in [0.1, 0.15) is 80.7 Å². The molecule has 4 aromatic heterocycles. The van der Waals surface area contributed by atoms with Gasteiger partial charge in [0.2, 0.25) is 5.91 Å². The molecule has 204 valence electrons. The Morgan fingerprint density at radius 3 is 2.59 bits per heavy atom. The summed E-state index contributed by atoms with van der Waals surface area (Å²) in [5, 5.41) is 17.6. The van der Waals surface area contributed by atoms with Crippen LogP contribution in [0.4, 0.5) is 16.0 Å². The molecule has 0 spiro atoms. The SMILES string of the molecule is CC[C@]1(C(=O)N[C@@H](C)c2ccc(-n3cc(F)cn3)nc2)CC[C@H](c2nc(C)cc(Nc3cc(C)[nH]n3)n2)CC1. The van der Waals surface area contributed by atoms with Crippen LogP contribution in [0.15, 0.2) is 42.9 Å². The van der Waals surface area contributed by atoms with Crippen molar-refractivity contribution in [2.75, 3.05) is 5.32 Å². The minimum absolute atomic E-state index is 0.0654. The number of H-pyrrole nitrogens is 1. The number of nitrogens with one attached hydrogen (secondary N) is 3. The van der Waals surface area contributed by atoms with Crippen LogP contribution < -0.4 is 10.6 Å². The molecule has 11 heteroatoms. The van der Waals surface area contributed by atoms with Crippen molar-refractivity contribution in [1.82, 2.24) is 40.2 Å². The topological polar surface area (TPSA) is 126 Å². The number of hydrogen-bond acceptors (Lipinski definition) is 7. The lowest BCUT2D eigenvalue weighted by Gasteiger charge is -2.38. The number of aryl methyl sites for hydroxylation is 2. The molecule has 0 aliphatic heterocycles. The fourth-order valence-corrected chi connectivity index (χ4v) is 5.27. The number of rotatable bonds is 8. The van der Waals surface area contributed by atoms with Crippen LogP contribution in [0.25, 0.3) is 5.82 Å². The van der Waals surface area contributed by atoms with Crippen LogP contribution in [0.2, 0.25) is 0 Å². The second-order valence-corrected chi connectivity index (χ2v) is 10.5. The van der Waals surface area contributed by atoms with Gasteiger partial charge >= 0.3 is 0 Å². The molecule has 39 heavy (non-hydrogen) atoms. The van der Waals surface area contributed by atoms with Crippen LogP contribution in [-0.4, -0.2) is 40.8 Å². The summed E-state index contributed by atoms with van der Waals surface area (Å²) in [7, 11) is 0. The van der Waals surface area contributed by atoms with Gasteiger partial charge in [0, 0.05) is 41.1 Å². The van der Waals surface area contributed by atoms with Gasteiger partial charge < -0.3 is 10.6 Å². The van der Waals surface area contributed by atoms with Gasteiger partial charge in [-0.15, -0.1) is 0 Å². The van der Waals surface area contributed by atoms with E-state index < -0.39 is 11.2 Å². The Morgan fingerprint density at radius 1 is 1.18 bits per heavy atom. The van der Waals surface area contributed by atoms with Crippen molar-refractivity contribution in [3.05, 3.63) is 71.4 Å². The van der Waals surface area contributed by atoms with Crippen molar-refractivity contribution in [3.8, 4) is 5.82 Å². The lowest BCUT2D eigenvalue weighted by atomic mass is 9.68. The monoisotopic (exact) mass is 531 g/mol. The first-order chi connectivity index (χ1) is 18.7. The Hall–Kier alpha value is -4.15. The van der Waals surface area contributed by atoms with Crippen molar-refractivity contribution in [1.29, 1.82) is 0 Å². The number of nitrogens with zero attached hydrogens (tertiary/aromatic N) is 6. The van der Waals surface area contributed by atoms with Crippen LogP contribution in [-0.2, 0) is 4.79 Å². The summed E-state index contributed by atoms with van der Waals surface area (Å²) >= 11 is 0. The molecular weight excluding hydrogens is 497 g/mol. The van der Waals surface area contributed by atoms with E-state index >= 15 is 0 Å². The molecule has 1 saturated carbocycles. The molecule has 1 aliphatic rings. The highest BCUT2D eigenvalue weighted by Crippen LogP contribution is 2.45. The first kappa shape index (κ1) is 26.5. The fraction of sp³-hybridized carbons (Fsp3) is 0.429. The van der Waals surface area contributed by atoms with E-state index in [1.807, 2.05) is 39.0 Å². The highest BCUT2D eigenvalue weighted by atomic mass is 19.1. The highest BCUT2D eigenvalue weighted by molar-refractivity contribution is 5.83. The van der Waals surface area contributed by atoms with Gasteiger partial charge in [0.05, 0.1) is 18.4 Å². The summed E-state index contributed by atoms with van der Waals surface area (Å²) in [5.74, 6) is 2.61. The van der Waals surface area contributed by atoms with Crippen LogP contribution in [0.3, 0.4) is 0 Å². The summed E-state index contributed by atoms with van der Waals surface area (Å²) in [6.07, 6.45) is 8.10. The van der Waals surface area contributed by atoms with E-state index in [0.29, 0.717) is 5.82 Å². The number of aromatic nitrogens is 7. The van der Waals surface area contributed by atoms with E-state index in [0.717, 1.165) is 72.7 Å². The highest BCUT2D eigenvalue weighted by Gasteiger charge is 2.41. The number of hydrogen-bond donors (Lipinski definition) is 3. The predicted molar refractivity (Wildman–Crippen MR) is 145 cm³/mol. The first-order valence-corrected chi connectivity index (χ1v) is 13.4. The van der Waals surface area contributed by atoms with Crippen molar-refractivity contribution < 1.29 is 9.18 Å². The summed E-state index contributed by atoms with van der Waals surface area (Å²) in [4.78, 5) is 27.4. The number of pyridine rings is 1. The van der Waals surface area contributed by atoms with Gasteiger partial charge in [-0.1, -0.05) is 13.0 Å². The van der Waals surface area contributed by atoms with Gasteiger partial charge in [-0.3, -0.25) is 9.89 Å². The zero-order valence-electron chi connectivity index (χ0n) is 22.7. The van der Waals surface area contributed by atoms with Gasteiger partial charge in [0.25, 0.3) is 0 Å². The molecule has 1 atom stereocenters. The third-order valence-electron chi connectivity index (χ3n) is 7.70. The number of amides is 1. The molecule has 0 aromatic carbocycles. The Labute approximate surface area is 226 Å². The van der Waals surface area contributed by atoms with Crippen LogP contribution in [0.5, 0.6) is 0 Å².